The summed E-state index contributed by atoms with van der Waals surface area (Å²) in [5.74, 6) is 0. The van der Waals surface area contributed by atoms with Gasteiger partial charge in [-0.3, -0.25) is 9.80 Å². The van der Waals surface area contributed by atoms with Gasteiger partial charge in [0.2, 0.25) is 0 Å². The van der Waals surface area contributed by atoms with Gasteiger partial charge in [-0.25, -0.2) is 0 Å². The fraction of sp³-hybridized carbons (Fsp3) is 0.714. The third-order valence-electron chi connectivity index (χ3n) is 6.40. The fourth-order valence-electron chi connectivity index (χ4n) is 5.18. The number of hydrogen-bond acceptors (Lipinski definition) is 3. The van der Waals surface area contributed by atoms with Gasteiger partial charge in [0.05, 0.1) is 0 Å². The van der Waals surface area contributed by atoms with Crippen LogP contribution in [0.5, 0.6) is 0 Å². The van der Waals surface area contributed by atoms with Gasteiger partial charge < -0.3 is 4.74 Å². The Kier molecular flexibility index (Phi) is 4.93. The Morgan fingerprint density at radius 2 is 2.00 bits per heavy atom. The summed E-state index contributed by atoms with van der Waals surface area (Å²) in [7, 11) is 0. The van der Waals surface area contributed by atoms with Gasteiger partial charge in [-0.15, -0.1) is 0 Å². The molecular formula is C21H32N2O. The largest absolute Gasteiger partial charge is 0.381 e. The van der Waals surface area contributed by atoms with E-state index in [-0.39, 0.29) is 0 Å². The number of nitrogens with zero attached hydrogens (tertiary/aromatic N) is 2. The first-order valence-corrected chi connectivity index (χ1v) is 9.82. The van der Waals surface area contributed by atoms with E-state index in [0.29, 0.717) is 5.41 Å². The molecule has 1 spiro atoms. The highest BCUT2D eigenvalue weighted by molar-refractivity contribution is 5.22. The molecule has 0 amide bonds. The molecule has 0 bridgehead atoms. The van der Waals surface area contributed by atoms with Crippen molar-refractivity contribution < 1.29 is 4.74 Å². The lowest BCUT2D eigenvalue weighted by Gasteiger charge is -2.41. The van der Waals surface area contributed by atoms with Gasteiger partial charge in [0.15, 0.2) is 0 Å². The lowest BCUT2D eigenvalue weighted by atomic mass is 9.79. The first-order chi connectivity index (χ1) is 11.7. The molecule has 3 saturated heterocycles. The minimum Gasteiger partial charge on any atom is -0.381 e. The molecule has 1 aromatic carbocycles. The second-order valence-corrected chi connectivity index (χ2v) is 8.37. The third kappa shape index (κ3) is 3.68. The maximum Gasteiger partial charge on any atom is 0.0480 e. The molecule has 0 aromatic heterocycles. The van der Waals surface area contributed by atoms with Gasteiger partial charge in [-0.05, 0) is 63.1 Å². The highest BCUT2D eigenvalue weighted by atomic mass is 16.5. The van der Waals surface area contributed by atoms with Crippen LogP contribution in [0.4, 0.5) is 0 Å². The van der Waals surface area contributed by atoms with Crippen LogP contribution in [-0.4, -0.2) is 55.2 Å². The van der Waals surface area contributed by atoms with Crippen LogP contribution in [0.25, 0.3) is 0 Å². The van der Waals surface area contributed by atoms with Crippen molar-refractivity contribution in [3.05, 3.63) is 35.4 Å². The standard InChI is InChI=1S/C21H32N2O/c1-18-4-2-5-19(14-18)15-22-10-3-8-21(16-22)9-11-23(17-21)20-6-12-24-13-7-20/h2,4-5,14,20H,3,6-13,15-17H2,1H3. The van der Waals surface area contributed by atoms with Crippen LogP contribution in [0.2, 0.25) is 0 Å². The first-order valence-electron chi connectivity index (χ1n) is 9.82. The van der Waals surface area contributed by atoms with Gasteiger partial charge in [0, 0.05) is 38.9 Å². The molecule has 3 heterocycles. The van der Waals surface area contributed by atoms with Crippen molar-refractivity contribution in [1.82, 2.24) is 9.80 Å². The topological polar surface area (TPSA) is 15.7 Å². The molecule has 3 aliphatic rings. The number of ether oxygens (including phenoxy) is 1. The van der Waals surface area contributed by atoms with Crippen LogP contribution in [0.3, 0.4) is 0 Å². The fourth-order valence-corrected chi connectivity index (χ4v) is 5.18. The monoisotopic (exact) mass is 328 g/mol. The van der Waals surface area contributed by atoms with E-state index < -0.39 is 0 Å². The summed E-state index contributed by atoms with van der Waals surface area (Å²) in [6.45, 7) is 10.4. The number of hydrogen-bond donors (Lipinski definition) is 0. The molecule has 1 aromatic rings. The summed E-state index contributed by atoms with van der Waals surface area (Å²) >= 11 is 0. The van der Waals surface area contributed by atoms with Crippen LogP contribution >= 0.6 is 0 Å². The second-order valence-electron chi connectivity index (χ2n) is 8.37. The van der Waals surface area contributed by atoms with Crippen molar-refractivity contribution in [2.45, 2.75) is 51.6 Å². The van der Waals surface area contributed by atoms with Crippen LogP contribution < -0.4 is 0 Å². The third-order valence-corrected chi connectivity index (χ3v) is 6.40. The van der Waals surface area contributed by atoms with Crippen molar-refractivity contribution >= 4 is 0 Å². The molecule has 3 aliphatic heterocycles. The molecule has 4 rings (SSSR count). The van der Waals surface area contributed by atoms with Crippen LogP contribution in [0.1, 0.15) is 43.2 Å². The van der Waals surface area contributed by atoms with Gasteiger partial charge in [0.25, 0.3) is 0 Å². The van der Waals surface area contributed by atoms with Gasteiger partial charge in [-0.2, -0.15) is 0 Å². The lowest BCUT2D eigenvalue weighted by molar-refractivity contribution is 0.0302. The first kappa shape index (κ1) is 16.6. The average molecular weight is 329 g/mol. The summed E-state index contributed by atoms with van der Waals surface area (Å²) < 4.78 is 5.55. The van der Waals surface area contributed by atoms with E-state index in [1.54, 1.807) is 0 Å². The van der Waals surface area contributed by atoms with Gasteiger partial charge in [0.1, 0.15) is 0 Å². The Morgan fingerprint density at radius 1 is 1.12 bits per heavy atom. The minimum absolute atomic E-state index is 0.556. The molecule has 132 valence electrons. The van der Waals surface area contributed by atoms with E-state index in [1.807, 2.05) is 0 Å². The summed E-state index contributed by atoms with van der Waals surface area (Å²) in [6.07, 6.45) is 6.67. The van der Waals surface area contributed by atoms with Crippen LogP contribution in [0.15, 0.2) is 24.3 Å². The summed E-state index contributed by atoms with van der Waals surface area (Å²) in [5, 5.41) is 0. The molecule has 3 fully saturated rings. The second kappa shape index (κ2) is 7.15. The zero-order chi connectivity index (χ0) is 16.4. The molecule has 3 nitrogen and oxygen atoms in total. The molecule has 24 heavy (non-hydrogen) atoms. The van der Waals surface area contributed by atoms with Crippen molar-refractivity contribution in [1.29, 1.82) is 0 Å². The molecular weight excluding hydrogens is 296 g/mol. The Labute approximate surface area is 147 Å². The normalized spacial score (nSPS) is 30.2. The summed E-state index contributed by atoms with van der Waals surface area (Å²) in [6, 6.07) is 9.82. The number of rotatable bonds is 3. The van der Waals surface area contributed by atoms with Gasteiger partial charge >= 0.3 is 0 Å². The molecule has 0 aliphatic carbocycles. The maximum atomic E-state index is 5.55. The molecule has 3 heteroatoms. The zero-order valence-electron chi connectivity index (χ0n) is 15.2. The zero-order valence-corrected chi connectivity index (χ0v) is 15.2. The Morgan fingerprint density at radius 3 is 2.83 bits per heavy atom. The lowest BCUT2D eigenvalue weighted by Crippen LogP contribution is -2.46. The quantitative estimate of drug-likeness (QED) is 0.845. The minimum atomic E-state index is 0.556. The maximum absolute atomic E-state index is 5.55. The van der Waals surface area contributed by atoms with E-state index in [2.05, 4.69) is 41.0 Å². The van der Waals surface area contributed by atoms with Crippen LogP contribution in [-0.2, 0) is 11.3 Å². The number of piperidine rings is 1. The summed E-state index contributed by atoms with van der Waals surface area (Å²) in [5.41, 5.74) is 3.41. The molecule has 0 radical (unpaired) electrons. The molecule has 1 atom stereocenters. The van der Waals surface area contributed by atoms with Crippen molar-refractivity contribution in [3.63, 3.8) is 0 Å². The van der Waals surface area contributed by atoms with Crippen molar-refractivity contribution in [3.8, 4) is 0 Å². The van der Waals surface area contributed by atoms with Gasteiger partial charge in [-0.1, -0.05) is 29.8 Å². The number of benzene rings is 1. The molecule has 0 N–H and O–H groups in total. The van der Waals surface area contributed by atoms with E-state index >= 15 is 0 Å². The SMILES string of the molecule is Cc1cccc(CN2CCCC3(CCN(C4CCOCC4)C3)C2)c1. The van der Waals surface area contributed by atoms with Crippen molar-refractivity contribution in [2.75, 3.05) is 39.4 Å². The van der Waals surface area contributed by atoms with Crippen LogP contribution in [0, 0.1) is 12.3 Å². The summed E-state index contributed by atoms with van der Waals surface area (Å²) in [4.78, 5) is 5.50. The number of aryl methyl sites for hydroxylation is 1. The number of likely N-dealkylation sites (tertiary alicyclic amines) is 2. The highest BCUT2D eigenvalue weighted by Gasteiger charge is 2.43. The Balaban J connectivity index is 1.37. The van der Waals surface area contributed by atoms with Crippen molar-refractivity contribution in [2.24, 2.45) is 5.41 Å². The molecule has 0 saturated carbocycles. The Hall–Kier alpha value is -0.900. The predicted molar refractivity (Wildman–Crippen MR) is 98.2 cm³/mol. The smallest absolute Gasteiger partial charge is 0.0480 e. The van der Waals surface area contributed by atoms with E-state index in [4.69, 9.17) is 4.74 Å². The molecule has 1 unspecified atom stereocenters. The van der Waals surface area contributed by atoms with E-state index in [0.717, 1.165) is 25.8 Å². The average Bonchev–Trinajstić information content (AvgIpc) is 2.99. The van der Waals surface area contributed by atoms with E-state index in [1.165, 1.54) is 69.4 Å². The predicted octanol–water partition coefficient (Wildman–Crippen LogP) is 3.46. The Bertz CT molecular complexity index is 555. The van der Waals surface area contributed by atoms with E-state index in [9.17, 15) is 0 Å². The highest BCUT2D eigenvalue weighted by Crippen LogP contribution is 2.40.